The lowest BCUT2D eigenvalue weighted by Crippen LogP contribution is -2.28. The maximum absolute atomic E-state index is 12.1. The molecule has 1 heterocycles. The Morgan fingerprint density at radius 2 is 2.04 bits per heavy atom. The molecule has 24 heavy (non-hydrogen) atoms. The van der Waals surface area contributed by atoms with Crippen LogP contribution in [0.15, 0.2) is 29.2 Å². The Kier molecular flexibility index (Phi) is 6.81. The van der Waals surface area contributed by atoms with E-state index in [-0.39, 0.29) is 17.6 Å². The molecule has 0 spiro atoms. The zero-order valence-electron chi connectivity index (χ0n) is 13.6. The van der Waals surface area contributed by atoms with Crippen molar-refractivity contribution in [3.05, 3.63) is 34.7 Å². The van der Waals surface area contributed by atoms with E-state index >= 15 is 0 Å². The number of ether oxygens (including phenoxy) is 2. The summed E-state index contributed by atoms with van der Waals surface area (Å²) in [6.45, 7) is 2.55. The number of carbonyl (C=O) groups is 2. The summed E-state index contributed by atoms with van der Waals surface area (Å²) in [4.78, 5) is 26.3. The van der Waals surface area contributed by atoms with E-state index in [1.165, 1.54) is 4.90 Å². The van der Waals surface area contributed by atoms with Crippen molar-refractivity contribution >= 4 is 46.3 Å². The molecule has 5 nitrogen and oxygen atoms in total. The van der Waals surface area contributed by atoms with Crippen LogP contribution >= 0.6 is 24.0 Å². The molecule has 1 amide bonds. The molecule has 1 aliphatic heterocycles. The standard InChI is InChI=1S/C17H19NO4S2/c1-3-22-15(19)5-4-10-18-16(23)14(24-17(18)20)11-12-6-8-13(21-2)9-7-12/h6-9,11H,3-5,10H2,1-2H3/b14-11-. The van der Waals surface area contributed by atoms with Gasteiger partial charge in [0.05, 0.1) is 18.6 Å². The Hall–Kier alpha value is -1.86. The van der Waals surface area contributed by atoms with Gasteiger partial charge >= 0.3 is 5.97 Å². The smallest absolute Gasteiger partial charge is 0.305 e. The van der Waals surface area contributed by atoms with Crippen molar-refractivity contribution in [3.8, 4) is 5.75 Å². The number of esters is 1. The van der Waals surface area contributed by atoms with Crippen LogP contribution in [0.2, 0.25) is 0 Å². The first-order valence-electron chi connectivity index (χ1n) is 7.60. The van der Waals surface area contributed by atoms with Crippen molar-refractivity contribution in [2.45, 2.75) is 19.8 Å². The van der Waals surface area contributed by atoms with Gasteiger partial charge in [0.15, 0.2) is 0 Å². The van der Waals surface area contributed by atoms with Gasteiger partial charge in [-0.05, 0) is 48.9 Å². The van der Waals surface area contributed by atoms with Crippen LogP contribution in [-0.4, -0.2) is 41.4 Å². The number of thioether (sulfide) groups is 1. The van der Waals surface area contributed by atoms with Crippen LogP contribution in [0, 0.1) is 0 Å². The van der Waals surface area contributed by atoms with Gasteiger partial charge in [-0.1, -0.05) is 24.4 Å². The molecule has 1 aliphatic rings. The van der Waals surface area contributed by atoms with Crippen LogP contribution in [0.3, 0.4) is 0 Å². The molecular formula is C17H19NO4S2. The molecule has 0 bridgehead atoms. The predicted octanol–water partition coefficient (Wildman–Crippen LogP) is 3.88. The van der Waals surface area contributed by atoms with E-state index in [0.29, 0.717) is 24.6 Å². The number of methoxy groups -OCH3 is 1. The minimum atomic E-state index is -0.253. The molecule has 1 aromatic rings. The molecule has 0 aliphatic carbocycles. The quantitative estimate of drug-likeness (QED) is 0.415. The van der Waals surface area contributed by atoms with Crippen LogP contribution in [0.25, 0.3) is 6.08 Å². The number of thiocarbonyl (C=S) groups is 1. The van der Waals surface area contributed by atoms with Gasteiger partial charge in [-0.2, -0.15) is 0 Å². The lowest BCUT2D eigenvalue weighted by Gasteiger charge is -2.14. The van der Waals surface area contributed by atoms with E-state index in [1.54, 1.807) is 14.0 Å². The SMILES string of the molecule is CCOC(=O)CCCN1C(=O)S/C(=C\c2ccc(OC)cc2)C1=S. The highest BCUT2D eigenvalue weighted by Crippen LogP contribution is 2.33. The largest absolute Gasteiger partial charge is 0.497 e. The fourth-order valence-corrected chi connectivity index (χ4v) is 3.45. The van der Waals surface area contributed by atoms with Gasteiger partial charge in [0.2, 0.25) is 0 Å². The first kappa shape index (κ1) is 18.5. The molecule has 0 N–H and O–H groups in total. The van der Waals surface area contributed by atoms with Crippen molar-refractivity contribution in [1.29, 1.82) is 0 Å². The fraction of sp³-hybridized carbons (Fsp3) is 0.353. The van der Waals surface area contributed by atoms with Crippen molar-refractivity contribution in [2.75, 3.05) is 20.3 Å². The Morgan fingerprint density at radius 3 is 2.67 bits per heavy atom. The van der Waals surface area contributed by atoms with Gasteiger partial charge in [-0.25, -0.2) is 0 Å². The lowest BCUT2D eigenvalue weighted by molar-refractivity contribution is -0.143. The maximum Gasteiger partial charge on any atom is 0.305 e. The number of benzene rings is 1. The molecule has 128 valence electrons. The third-order valence-corrected chi connectivity index (χ3v) is 4.85. The monoisotopic (exact) mass is 365 g/mol. The van der Waals surface area contributed by atoms with Crippen LogP contribution in [0.5, 0.6) is 5.75 Å². The molecule has 0 unspecified atom stereocenters. The minimum Gasteiger partial charge on any atom is -0.497 e. The number of hydrogen-bond donors (Lipinski definition) is 0. The van der Waals surface area contributed by atoms with E-state index in [2.05, 4.69) is 0 Å². The van der Waals surface area contributed by atoms with Gasteiger partial charge in [0, 0.05) is 13.0 Å². The molecule has 1 aromatic carbocycles. The summed E-state index contributed by atoms with van der Waals surface area (Å²) in [7, 11) is 1.61. The topological polar surface area (TPSA) is 55.8 Å². The second-order valence-electron chi connectivity index (χ2n) is 5.02. The summed E-state index contributed by atoms with van der Waals surface area (Å²) in [5, 5.41) is -0.108. The first-order valence-corrected chi connectivity index (χ1v) is 8.82. The summed E-state index contributed by atoms with van der Waals surface area (Å²) in [5.74, 6) is 0.521. The van der Waals surface area contributed by atoms with Crippen LogP contribution in [0.1, 0.15) is 25.3 Å². The molecule has 2 rings (SSSR count). The van der Waals surface area contributed by atoms with Crippen molar-refractivity contribution in [1.82, 2.24) is 4.90 Å². The summed E-state index contributed by atoms with van der Waals surface area (Å²) in [5.41, 5.74) is 0.946. The van der Waals surface area contributed by atoms with Crippen LogP contribution in [0.4, 0.5) is 4.79 Å². The van der Waals surface area contributed by atoms with Crippen molar-refractivity contribution in [2.24, 2.45) is 0 Å². The van der Waals surface area contributed by atoms with E-state index in [4.69, 9.17) is 21.7 Å². The summed E-state index contributed by atoms with van der Waals surface area (Å²) < 4.78 is 10.0. The summed E-state index contributed by atoms with van der Waals surface area (Å²) in [6, 6.07) is 7.52. The van der Waals surface area contributed by atoms with Crippen LogP contribution in [-0.2, 0) is 9.53 Å². The average molecular weight is 365 g/mol. The highest BCUT2D eigenvalue weighted by atomic mass is 32.2. The molecular weight excluding hydrogens is 346 g/mol. The van der Waals surface area contributed by atoms with Gasteiger partial charge in [0.1, 0.15) is 10.7 Å². The number of rotatable bonds is 7. The molecule has 0 radical (unpaired) electrons. The number of carbonyl (C=O) groups excluding carboxylic acids is 2. The summed E-state index contributed by atoms with van der Waals surface area (Å²) in [6.07, 6.45) is 2.69. The molecule has 1 fully saturated rings. The van der Waals surface area contributed by atoms with Crippen LogP contribution < -0.4 is 4.74 Å². The Labute approximate surface area is 151 Å². The molecule has 0 aromatic heterocycles. The van der Waals surface area contributed by atoms with E-state index in [9.17, 15) is 9.59 Å². The van der Waals surface area contributed by atoms with Crippen molar-refractivity contribution < 1.29 is 19.1 Å². The third kappa shape index (κ3) is 4.82. The van der Waals surface area contributed by atoms with Gasteiger partial charge in [-0.15, -0.1) is 0 Å². The predicted molar refractivity (Wildman–Crippen MR) is 99.1 cm³/mol. The van der Waals surface area contributed by atoms with E-state index in [0.717, 1.165) is 28.0 Å². The minimum absolute atomic E-state index is 0.108. The number of amides is 1. The Balaban J connectivity index is 1.97. The van der Waals surface area contributed by atoms with E-state index < -0.39 is 0 Å². The number of nitrogens with zero attached hydrogens (tertiary/aromatic N) is 1. The third-order valence-electron chi connectivity index (χ3n) is 3.36. The average Bonchev–Trinajstić information content (AvgIpc) is 2.83. The summed E-state index contributed by atoms with van der Waals surface area (Å²) >= 11 is 6.51. The van der Waals surface area contributed by atoms with Gasteiger partial charge < -0.3 is 9.47 Å². The maximum atomic E-state index is 12.1. The molecule has 1 saturated heterocycles. The van der Waals surface area contributed by atoms with E-state index in [1.807, 2.05) is 30.3 Å². The normalized spacial score (nSPS) is 15.9. The van der Waals surface area contributed by atoms with Crippen molar-refractivity contribution in [3.63, 3.8) is 0 Å². The molecule has 7 heteroatoms. The second-order valence-corrected chi connectivity index (χ2v) is 6.39. The van der Waals surface area contributed by atoms with Gasteiger partial charge in [0.25, 0.3) is 5.24 Å². The Bertz CT molecular complexity index is 655. The highest BCUT2D eigenvalue weighted by Gasteiger charge is 2.31. The zero-order chi connectivity index (χ0) is 17.5. The molecule has 0 atom stereocenters. The Morgan fingerprint density at radius 1 is 1.33 bits per heavy atom. The molecule has 0 saturated carbocycles. The fourth-order valence-electron chi connectivity index (χ4n) is 2.16. The lowest BCUT2D eigenvalue weighted by atomic mass is 10.2. The zero-order valence-corrected chi connectivity index (χ0v) is 15.2. The number of hydrogen-bond acceptors (Lipinski definition) is 6. The first-order chi connectivity index (χ1) is 11.5. The van der Waals surface area contributed by atoms with Gasteiger partial charge in [-0.3, -0.25) is 14.5 Å². The second kappa shape index (κ2) is 8.84. The highest BCUT2D eigenvalue weighted by molar-refractivity contribution is 8.19.